The van der Waals surface area contributed by atoms with Crippen molar-refractivity contribution in [3.05, 3.63) is 59.7 Å². The predicted octanol–water partition coefficient (Wildman–Crippen LogP) is 3.34. The van der Waals surface area contributed by atoms with E-state index in [-0.39, 0.29) is 25.5 Å². The molecule has 26 heavy (non-hydrogen) atoms. The Morgan fingerprint density at radius 2 is 1.81 bits per heavy atom. The zero-order valence-corrected chi connectivity index (χ0v) is 14.1. The Bertz CT molecular complexity index is 766. The number of halogens is 2. The molecule has 2 N–H and O–H groups in total. The lowest BCUT2D eigenvalue weighted by molar-refractivity contribution is 0.0526. The zero-order chi connectivity index (χ0) is 18.9. The maximum absolute atomic E-state index is 13.4. The first-order valence-electron chi connectivity index (χ1n) is 7.89. The summed E-state index contributed by atoms with van der Waals surface area (Å²) in [6.07, 6.45) is 0. The normalized spacial score (nSPS) is 10.1. The second kappa shape index (κ2) is 9.36. The molecule has 0 bridgehead atoms. The first-order valence-corrected chi connectivity index (χ1v) is 7.89. The number of benzene rings is 2. The van der Waals surface area contributed by atoms with Crippen LogP contribution in [0, 0.1) is 11.6 Å². The number of nitrogens with one attached hydrogen (secondary N) is 2. The Morgan fingerprint density at radius 3 is 2.46 bits per heavy atom. The Hall–Kier alpha value is -3.16. The highest BCUT2D eigenvalue weighted by atomic mass is 19.1. The molecular formula is C18H18F2N2O4. The van der Waals surface area contributed by atoms with Crippen molar-refractivity contribution >= 4 is 17.7 Å². The second-order valence-electron chi connectivity index (χ2n) is 5.10. The van der Waals surface area contributed by atoms with E-state index in [1.54, 1.807) is 19.1 Å². The van der Waals surface area contributed by atoms with E-state index in [0.717, 1.165) is 12.1 Å². The van der Waals surface area contributed by atoms with E-state index in [1.165, 1.54) is 18.2 Å². The third-order valence-corrected chi connectivity index (χ3v) is 3.19. The molecule has 0 saturated heterocycles. The fraction of sp³-hybridized carbons (Fsp3) is 0.222. The van der Waals surface area contributed by atoms with Gasteiger partial charge in [-0.3, -0.25) is 0 Å². The number of esters is 1. The van der Waals surface area contributed by atoms with E-state index in [0.29, 0.717) is 11.3 Å². The molecule has 2 aromatic rings. The summed E-state index contributed by atoms with van der Waals surface area (Å²) >= 11 is 0. The molecule has 0 saturated carbocycles. The SMILES string of the molecule is CCOC(=O)c1ccc(NC(=O)NCCOc2ccc(F)cc2F)cc1. The molecule has 0 aliphatic rings. The van der Waals surface area contributed by atoms with Crippen LogP contribution in [0.2, 0.25) is 0 Å². The zero-order valence-electron chi connectivity index (χ0n) is 14.1. The Labute approximate surface area is 149 Å². The van der Waals surface area contributed by atoms with Gasteiger partial charge in [-0.1, -0.05) is 0 Å². The molecule has 0 atom stereocenters. The van der Waals surface area contributed by atoms with Crippen molar-refractivity contribution in [1.29, 1.82) is 0 Å². The average Bonchev–Trinajstić information content (AvgIpc) is 2.61. The molecule has 0 unspecified atom stereocenters. The van der Waals surface area contributed by atoms with Crippen molar-refractivity contribution in [3.8, 4) is 5.75 Å². The highest BCUT2D eigenvalue weighted by Gasteiger charge is 2.08. The van der Waals surface area contributed by atoms with Gasteiger partial charge in [0, 0.05) is 11.8 Å². The summed E-state index contributed by atoms with van der Waals surface area (Å²) in [5.41, 5.74) is 0.869. The number of urea groups is 1. The lowest BCUT2D eigenvalue weighted by Crippen LogP contribution is -2.32. The van der Waals surface area contributed by atoms with Crippen molar-refractivity contribution in [1.82, 2.24) is 5.32 Å². The topological polar surface area (TPSA) is 76.7 Å². The van der Waals surface area contributed by atoms with Crippen LogP contribution in [-0.4, -0.2) is 31.8 Å². The smallest absolute Gasteiger partial charge is 0.338 e. The molecule has 0 aliphatic heterocycles. The Kier molecular flexibility index (Phi) is 6.90. The maximum Gasteiger partial charge on any atom is 0.338 e. The largest absolute Gasteiger partial charge is 0.489 e. The molecule has 0 spiro atoms. The molecule has 0 aliphatic carbocycles. The average molecular weight is 364 g/mol. The summed E-state index contributed by atoms with van der Waals surface area (Å²) in [6.45, 7) is 2.12. The third-order valence-electron chi connectivity index (χ3n) is 3.19. The number of anilines is 1. The van der Waals surface area contributed by atoms with Gasteiger partial charge in [0.15, 0.2) is 11.6 Å². The van der Waals surface area contributed by atoms with Gasteiger partial charge >= 0.3 is 12.0 Å². The summed E-state index contributed by atoms with van der Waals surface area (Å²) in [5, 5.41) is 5.10. The number of amides is 2. The lowest BCUT2D eigenvalue weighted by atomic mass is 10.2. The Morgan fingerprint density at radius 1 is 1.08 bits per heavy atom. The third kappa shape index (κ3) is 5.73. The van der Waals surface area contributed by atoms with Crippen molar-refractivity contribution in [3.63, 3.8) is 0 Å². The van der Waals surface area contributed by atoms with Gasteiger partial charge in [0.25, 0.3) is 0 Å². The number of carbonyl (C=O) groups excluding carboxylic acids is 2. The number of hydrogen-bond acceptors (Lipinski definition) is 4. The van der Waals surface area contributed by atoms with Gasteiger partial charge in [-0.05, 0) is 43.3 Å². The Balaban J connectivity index is 1.74. The first-order chi connectivity index (χ1) is 12.5. The molecule has 0 radical (unpaired) electrons. The number of ether oxygens (including phenoxy) is 2. The van der Waals surface area contributed by atoms with E-state index < -0.39 is 23.6 Å². The summed E-state index contributed by atoms with van der Waals surface area (Å²) in [5.74, 6) is -2.03. The summed E-state index contributed by atoms with van der Waals surface area (Å²) in [4.78, 5) is 23.3. The summed E-state index contributed by atoms with van der Waals surface area (Å²) in [6, 6.07) is 8.69. The molecule has 138 valence electrons. The van der Waals surface area contributed by atoms with Gasteiger partial charge < -0.3 is 20.1 Å². The fourth-order valence-corrected chi connectivity index (χ4v) is 2.00. The van der Waals surface area contributed by atoms with Crippen molar-refractivity contribution < 1.29 is 27.8 Å². The maximum atomic E-state index is 13.4. The minimum atomic E-state index is -0.809. The van der Waals surface area contributed by atoms with Crippen LogP contribution in [0.15, 0.2) is 42.5 Å². The standard InChI is InChI=1S/C18H18F2N2O4/c1-2-25-17(23)12-3-6-14(7-4-12)22-18(24)21-9-10-26-16-8-5-13(19)11-15(16)20/h3-8,11H,2,9-10H2,1H3,(H2,21,22,24). The molecule has 2 rings (SSSR count). The van der Waals surface area contributed by atoms with Crippen LogP contribution >= 0.6 is 0 Å². The van der Waals surface area contributed by atoms with Crippen LogP contribution in [0.4, 0.5) is 19.3 Å². The van der Waals surface area contributed by atoms with Crippen LogP contribution < -0.4 is 15.4 Å². The van der Waals surface area contributed by atoms with Crippen molar-refractivity contribution in [2.24, 2.45) is 0 Å². The number of rotatable bonds is 7. The van der Waals surface area contributed by atoms with E-state index in [9.17, 15) is 18.4 Å². The van der Waals surface area contributed by atoms with E-state index in [1.807, 2.05) is 0 Å². The van der Waals surface area contributed by atoms with E-state index in [4.69, 9.17) is 9.47 Å². The first kappa shape index (κ1) is 19.2. The predicted molar refractivity (Wildman–Crippen MR) is 91.3 cm³/mol. The van der Waals surface area contributed by atoms with Gasteiger partial charge in [-0.2, -0.15) is 0 Å². The van der Waals surface area contributed by atoms with Crippen LogP contribution in [0.5, 0.6) is 5.75 Å². The van der Waals surface area contributed by atoms with Crippen LogP contribution in [0.3, 0.4) is 0 Å². The van der Waals surface area contributed by atoms with Gasteiger partial charge in [0.05, 0.1) is 18.7 Å². The van der Waals surface area contributed by atoms with E-state index >= 15 is 0 Å². The van der Waals surface area contributed by atoms with Crippen molar-refractivity contribution in [2.45, 2.75) is 6.92 Å². The van der Waals surface area contributed by atoms with Crippen LogP contribution in [0.25, 0.3) is 0 Å². The lowest BCUT2D eigenvalue weighted by Gasteiger charge is -2.10. The molecule has 2 amide bonds. The quantitative estimate of drug-likeness (QED) is 0.584. The number of carbonyl (C=O) groups is 2. The van der Waals surface area contributed by atoms with Gasteiger partial charge in [0.2, 0.25) is 0 Å². The van der Waals surface area contributed by atoms with Crippen LogP contribution in [-0.2, 0) is 4.74 Å². The molecule has 2 aromatic carbocycles. The highest BCUT2D eigenvalue weighted by molar-refractivity contribution is 5.92. The number of hydrogen-bond donors (Lipinski definition) is 2. The van der Waals surface area contributed by atoms with Crippen molar-refractivity contribution in [2.75, 3.05) is 25.1 Å². The fourth-order valence-electron chi connectivity index (χ4n) is 2.00. The highest BCUT2D eigenvalue weighted by Crippen LogP contribution is 2.17. The molecule has 0 heterocycles. The van der Waals surface area contributed by atoms with Gasteiger partial charge in [-0.25, -0.2) is 18.4 Å². The minimum absolute atomic E-state index is 0.0117. The van der Waals surface area contributed by atoms with Crippen LogP contribution in [0.1, 0.15) is 17.3 Å². The molecular weight excluding hydrogens is 346 g/mol. The second-order valence-corrected chi connectivity index (χ2v) is 5.10. The summed E-state index contributed by atoms with van der Waals surface area (Å²) < 4.78 is 36.1. The summed E-state index contributed by atoms with van der Waals surface area (Å²) in [7, 11) is 0. The molecule has 6 nitrogen and oxygen atoms in total. The van der Waals surface area contributed by atoms with Gasteiger partial charge in [0.1, 0.15) is 12.4 Å². The molecule has 0 fully saturated rings. The van der Waals surface area contributed by atoms with E-state index in [2.05, 4.69) is 10.6 Å². The molecule has 0 aromatic heterocycles. The molecule has 8 heteroatoms. The minimum Gasteiger partial charge on any atom is -0.489 e. The van der Waals surface area contributed by atoms with Gasteiger partial charge in [-0.15, -0.1) is 0 Å². The monoisotopic (exact) mass is 364 g/mol.